The average Bonchev–Trinajstić information content (AvgIpc) is 2.48. The third kappa shape index (κ3) is 4.07. The molecule has 21 heavy (non-hydrogen) atoms. The Kier molecular flexibility index (Phi) is 4.55. The molecule has 1 amide bonds. The fourth-order valence-electron chi connectivity index (χ4n) is 1.72. The summed E-state index contributed by atoms with van der Waals surface area (Å²) in [5.74, 6) is -0.984. The number of hydrogen-bond acceptors (Lipinski definition) is 4. The summed E-state index contributed by atoms with van der Waals surface area (Å²) in [5.41, 5.74) is 1.18. The summed E-state index contributed by atoms with van der Waals surface area (Å²) in [7, 11) is 0. The number of hydrogen-bond donors (Lipinski definition) is 1. The molecule has 108 valence electrons. The lowest BCUT2D eigenvalue weighted by atomic mass is 10.1. The van der Waals surface area contributed by atoms with Crippen LogP contribution in [0.25, 0.3) is 0 Å². The molecule has 7 heteroatoms. The summed E-state index contributed by atoms with van der Waals surface area (Å²) >= 11 is 0. The highest BCUT2D eigenvalue weighted by atomic mass is 19.1. The Labute approximate surface area is 119 Å². The van der Waals surface area contributed by atoms with E-state index in [1.807, 2.05) is 0 Å². The van der Waals surface area contributed by atoms with Gasteiger partial charge in [-0.3, -0.25) is 14.9 Å². The molecule has 0 saturated heterocycles. The number of pyridine rings is 1. The maximum absolute atomic E-state index is 12.6. The molecule has 6 nitrogen and oxygen atoms in total. The normalized spacial score (nSPS) is 10.1. The van der Waals surface area contributed by atoms with Crippen molar-refractivity contribution >= 4 is 11.6 Å². The fraction of sp³-hybridized carbons (Fsp3) is 0.143. The van der Waals surface area contributed by atoms with E-state index in [9.17, 15) is 19.3 Å². The van der Waals surface area contributed by atoms with Crippen molar-refractivity contribution in [2.24, 2.45) is 0 Å². The predicted molar refractivity (Wildman–Crippen MR) is 73.3 cm³/mol. The molecular formula is C14H12FN3O3. The first-order valence-electron chi connectivity index (χ1n) is 6.19. The van der Waals surface area contributed by atoms with E-state index in [1.54, 1.807) is 12.1 Å². The maximum atomic E-state index is 12.6. The number of nitro benzene ring substituents is 1. The molecule has 0 spiro atoms. The van der Waals surface area contributed by atoms with Crippen LogP contribution in [0.1, 0.15) is 15.9 Å². The lowest BCUT2D eigenvalue weighted by molar-refractivity contribution is -0.384. The van der Waals surface area contributed by atoms with Crippen molar-refractivity contribution in [1.29, 1.82) is 0 Å². The summed E-state index contributed by atoms with van der Waals surface area (Å²) < 4.78 is 12.6. The van der Waals surface area contributed by atoms with E-state index in [-0.39, 0.29) is 17.2 Å². The summed E-state index contributed by atoms with van der Waals surface area (Å²) in [4.78, 5) is 25.2. The molecule has 1 heterocycles. The smallest absolute Gasteiger partial charge is 0.269 e. The number of nitro groups is 1. The molecule has 0 atom stereocenters. The topological polar surface area (TPSA) is 85.1 Å². The second-order valence-electron chi connectivity index (χ2n) is 4.30. The first kappa shape index (κ1) is 14.6. The maximum Gasteiger partial charge on any atom is 0.269 e. The van der Waals surface area contributed by atoms with Crippen molar-refractivity contribution in [1.82, 2.24) is 10.3 Å². The van der Waals surface area contributed by atoms with Gasteiger partial charge in [0.05, 0.1) is 10.5 Å². The minimum absolute atomic E-state index is 0.0279. The van der Waals surface area contributed by atoms with Crippen molar-refractivity contribution in [3.05, 3.63) is 69.8 Å². The molecule has 0 bridgehead atoms. The van der Waals surface area contributed by atoms with E-state index in [0.717, 1.165) is 17.8 Å². The van der Waals surface area contributed by atoms with Crippen LogP contribution in [0, 0.1) is 16.1 Å². The Balaban J connectivity index is 1.85. The van der Waals surface area contributed by atoms with Crippen LogP contribution in [0.3, 0.4) is 0 Å². The number of halogens is 1. The van der Waals surface area contributed by atoms with Gasteiger partial charge in [0.25, 0.3) is 11.6 Å². The van der Waals surface area contributed by atoms with Gasteiger partial charge in [0.15, 0.2) is 0 Å². The second-order valence-corrected chi connectivity index (χ2v) is 4.30. The molecule has 1 N–H and O–H groups in total. The first-order valence-corrected chi connectivity index (χ1v) is 6.19. The lowest BCUT2D eigenvalue weighted by Gasteiger charge is -2.05. The number of nitrogens with zero attached hydrogens (tertiary/aromatic N) is 2. The zero-order chi connectivity index (χ0) is 15.2. The molecule has 1 aromatic carbocycles. The van der Waals surface area contributed by atoms with Crippen molar-refractivity contribution in [2.45, 2.75) is 6.42 Å². The minimum atomic E-state index is -0.641. The van der Waals surface area contributed by atoms with Crippen molar-refractivity contribution in [3.63, 3.8) is 0 Å². The Morgan fingerprint density at radius 3 is 2.52 bits per heavy atom. The van der Waals surface area contributed by atoms with Gasteiger partial charge in [0.1, 0.15) is 0 Å². The molecule has 0 aliphatic carbocycles. The molecule has 0 fully saturated rings. The largest absolute Gasteiger partial charge is 0.352 e. The van der Waals surface area contributed by atoms with Gasteiger partial charge in [0, 0.05) is 24.9 Å². The van der Waals surface area contributed by atoms with Crippen LogP contribution in [0.2, 0.25) is 0 Å². The van der Waals surface area contributed by atoms with Crippen LogP contribution in [0.5, 0.6) is 0 Å². The Morgan fingerprint density at radius 1 is 1.24 bits per heavy atom. The Bertz CT molecular complexity index is 642. The van der Waals surface area contributed by atoms with Crippen molar-refractivity contribution < 1.29 is 14.1 Å². The summed E-state index contributed by atoms with van der Waals surface area (Å²) in [6.07, 6.45) is 1.70. The van der Waals surface area contributed by atoms with Crippen LogP contribution >= 0.6 is 0 Å². The van der Waals surface area contributed by atoms with Crippen molar-refractivity contribution in [2.75, 3.05) is 6.54 Å². The number of rotatable bonds is 5. The number of non-ortho nitro benzene ring substituents is 1. The van der Waals surface area contributed by atoms with Crippen LogP contribution in [0.4, 0.5) is 10.1 Å². The van der Waals surface area contributed by atoms with Crippen LogP contribution in [-0.2, 0) is 6.42 Å². The van der Waals surface area contributed by atoms with Crippen LogP contribution < -0.4 is 5.32 Å². The van der Waals surface area contributed by atoms with Crippen LogP contribution in [0.15, 0.2) is 42.6 Å². The minimum Gasteiger partial charge on any atom is -0.352 e. The van der Waals surface area contributed by atoms with E-state index in [2.05, 4.69) is 10.3 Å². The van der Waals surface area contributed by atoms with Crippen LogP contribution in [-0.4, -0.2) is 22.4 Å². The van der Waals surface area contributed by atoms with Gasteiger partial charge in [-0.2, -0.15) is 4.39 Å². The van der Waals surface area contributed by atoms with E-state index in [0.29, 0.717) is 13.0 Å². The molecule has 0 aliphatic rings. The summed E-state index contributed by atoms with van der Waals surface area (Å²) in [6, 6.07) is 8.59. The number of amides is 1. The molecule has 2 aromatic rings. The number of nitrogens with one attached hydrogen (secondary N) is 1. The van der Waals surface area contributed by atoms with Crippen molar-refractivity contribution in [3.8, 4) is 0 Å². The third-order valence-corrected chi connectivity index (χ3v) is 2.84. The zero-order valence-corrected chi connectivity index (χ0v) is 11.0. The number of benzene rings is 1. The molecular weight excluding hydrogens is 277 g/mol. The highest BCUT2D eigenvalue weighted by Gasteiger charge is 2.07. The molecule has 2 rings (SSSR count). The molecule has 0 unspecified atom stereocenters. The van der Waals surface area contributed by atoms with Gasteiger partial charge in [-0.25, -0.2) is 4.98 Å². The molecule has 0 radical (unpaired) electrons. The molecule has 0 aliphatic heterocycles. The van der Waals surface area contributed by atoms with E-state index in [1.165, 1.54) is 18.2 Å². The van der Waals surface area contributed by atoms with Gasteiger partial charge in [-0.1, -0.05) is 12.1 Å². The SMILES string of the molecule is O=C(NCCc1ccc([N+](=O)[O-])cc1)c1ccc(F)nc1. The molecule has 1 aromatic heterocycles. The highest BCUT2D eigenvalue weighted by molar-refractivity contribution is 5.93. The standard InChI is InChI=1S/C14H12FN3O3/c15-13-6-3-11(9-17-13)14(19)16-8-7-10-1-4-12(5-2-10)18(20)21/h1-6,9H,7-8H2,(H,16,19). The number of carbonyl (C=O) groups excluding carboxylic acids is 1. The van der Waals surface area contributed by atoms with Gasteiger partial charge in [0.2, 0.25) is 5.95 Å². The average molecular weight is 289 g/mol. The van der Waals surface area contributed by atoms with E-state index in [4.69, 9.17) is 0 Å². The zero-order valence-electron chi connectivity index (χ0n) is 11.0. The summed E-state index contributed by atoms with van der Waals surface area (Å²) in [6.45, 7) is 0.369. The number of aromatic nitrogens is 1. The Hall–Kier alpha value is -2.83. The van der Waals surface area contributed by atoms with E-state index >= 15 is 0 Å². The Morgan fingerprint density at radius 2 is 1.95 bits per heavy atom. The third-order valence-electron chi connectivity index (χ3n) is 2.84. The van der Waals surface area contributed by atoms with Gasteiger partial charge in [-0.15, -0.1) is 0 Å². The van der Waals surface area contributed by atoms with Gasteiger partial charge < -0.3 is 5.32 Å². The predicted octanol–water partition coefficient (Wildman–Crippen LogP) is 2.10. The summed E-state index contributed by atoms with van der Waals surface area (Å²) in [5, 5.41) is 13.2. The monoisotopic (exact) mass is 289 g/mol. The fourth-order valence-corrected chi connectivity index (χ4v) is 1.72. The quantitative estimate of drug-likeness (QED) is 0.519. The van der Waals surface area contributed by atoms with Gasteiger partial charge in [-0.05, 0) is 24.1 Å². The first-order chi connectivity index (χ1) is 10.1. The highest BCUT2D eigenvalue weighted by Crippen LogP contribution is 2.12. The lowest BCUT2D eigenvalue weighted by Crippen LogP contribution is -2.25. The second kappa shape index (κ2) is 6.56. The van der Waals surface area contributed by atoms with E-state index < -0.39 is 10.9 Å². The molecule has 0 saturated carbocycles. The number of carbonyl (C=O) groups is 1. The van der Waals surface area contributed by atoms with Gasteiger partial charge >= 0.3 is 0 Å².